The van der Waals surface area contributed by atoms with E-state index in [0.717, 1.165) is 10.6 Å². The maximum absolute atomic E-state index is 6.02. The van der Waals surface area contributed by atoms with Gasteiger partial charge < -0.3 is 14.0 Å². The first-order valence-corrected chi connectivity index (χ1v) is 7.72. The minimum absolute atomic E-state index is 0.000457. The molecule has 19 heavy (non-hydrogen) atoms. The minimum atomic E-state index is -1.99. The van der Waals surface area contributed by atoms with Gasteiger partial charge in [0.05, 0.1) is 5.01 Å². The second-order valence-electron chi connectivity index (χ2n) is 5.49. The molecule has 1 rings (SSSR count). The largest absolute Gasteiger partial charge is 0.538 e. The molecule has 0 aliphatic rings. The van der Waals surface area contributed by atoms with Gasteiger partial charge in [0.25, 0.3) is 0 Å². The lowest BCUT2D eigenvalue weighted by Crippen LogP contribution is -2.60. The lowest BCUT2D eigenvalue weighted by molar-refractivity contribution is 0.0147. The van der Waals surface area contributed by atoms with Gasteiger partial charge in [0.1, 0.15) is 0 Å². The molecule has 0 atom stereocenters. The third-order valence-corrected chi connectivity index (χ3v) is 3.14. The molecule has 0 amide bonds. The van der Waals surface area contributed by atoms with Gasteiger partial charge in [-0.2, -0.15) is 0 Å². The summed E-state index contributed by atoms with van der Waals surface area (Å²) in [5, 5.41) is 2.94. The number of hydrogen-bond acceptors (Lipinski definition) is 5. The van der Waals surface area contributed by atoms with Gasteiger partial charge in [-0.3, -0.25) is 4.98 Å². The van der Waals surface area contributed by atoms with E-state index in [1.54, 1.807) is 11.3 Å². The van der Waals surface area contributed by atoms with Gasteiger partial charge in [-0.1, -0.05) is 0 Å². The maximum atomic E-state index is 6.02. The summed E-state index contributed by atoms with van der Waals surface area (Å²) in [5.41, 5.74) is 0.749. The molecular weight excluding hydrogens is 261 g/mol. The van der Waals surface area contributed by atoms with Crippen LogP contribution in [0.1, 0.15) is 46.6 Å². The molecule has 6 heteroatoms. The van der Waals surface area contributed by atoms with Gasteiger partial charge in [-0.05, 0) is 59.4 Å². The molecule has 1 heterocycles. The van der Waals surface area contributed by atoms with E-state index in [1.807, 2.05) is 53.8 Å². The van der Waals surface area contributed by atoms with E-state index < -0.39 is 6.75 Å². The molecule has 0 aliphatic carbocycles. The Kier molecular flexibility index (Phi) is 5.98. The fourth-order valence-electron chi connectivity index (χ4n) is 1.92. The molecule has 1 aromatic rings. The Bertz CT molecular complexity index is 366. The summed E-state index contributed by atoms with van der Waals surface area (Å²) in [5.74, 6) is 0. The summed E-state index contributed by atoms with van der Waals surface area (Å²) >= 11 is 1.58. The fraction of sp³-hybridized carbons (Fsp3) is 0.769. The van der Waals surface area contributed by atoms with Crippen molar-refractivity contribution in [2.24, 2.45) is 0 Å². The highest BCUT2D eigenvalue weighted by Crippen LogP contribution is 2.19. The van der Waals surface area contributed by atoms with Gasteiger partial charge >= 0.3 is 6.75 Å². The number of aromatic nitrogens is 1. The van der Waals surface area contributed by atoms with Gasteiger partial charge in [-0.25, -0.2) is 0 Å². The van der Waals surface area contributed by atoms with Crippen LogP contribution in [-0.4, -0.2) is 30.1 Å². The zero-order chi connectivity index (χ0) is 14.6. The molecule has 0 saturated carbocycles. The van der Waals surface area contributed by atoms with Crippen molar-refractivity contribution in [2.75, 3.05) is 0 Å². The molecule has 0 aromatic carbocycles. The fourth-order valence-corrected chi connectivity index (χ4v) is 2.59. The first kappa shape index (κ1) is 16.6. The zero-order valence-electron chi connectivity index (χ0n) is 13.0. The Hall–Kier alpha value is -0.425. The van der Waals surface area contributed by atoms with Crippen molar-refractivity contribution >= 4 is 23.7 Å². The third kappa shape index (κ3) is 4.87. The monoisotopic (exact) mass is 286 g/mol. The molecule has 110 valence electrons. The Morgan fingerprint density at radius 2 is 1.37 bits per heavy atom. The second kappa shape index (κ2) is 6.84. The van der Waals surface area contributed by atoms with E-state index in [2.05, 4.69) is 4.98 Å². The molecule has 1 aromatic heterocycles. The summed E-state index contributed by atoms with van der Waals surface area (Å²) in [6, 6.07) is 0. The van der Waals surface area contributed by atoms with Gasteiger partial charge in [0.15, 0.2) is 0 Å². The number of aryl methyl sites for hydroxylation is 1. The van der Waals surface area contributed by atoms with Gasteiger partial charge in [0, 0.05) is 18.3 Å². The first-order valence-electron chi connectivity index (χ1n) is 6.84. The third-order valence-electron chi connectivity index (χ3n) is 2.35. The van der Waals surface area contributed by atoms with E-state index in [4.69, 9.17) is 14.0 Å². The average molecular weight is 286 g/mol. The Morgan fingerprint density at radius 3 is 1.63 bits per heavy atom. The van der Waals surface area contributed by atoms with E-state index in [9.17, 15) is 0 Å². The molecule has 0 fully saturated rings. The summed E-state index contributed by atoms with van der Waals surface area (Å²) < 4.78 is 18.1. The quantitative estimate of drug-likeness (QED) is 0.723. The Morgan fingerprint density at radius 1 is 0.947 bits per heavy atom. The van der Waals surface area contributed by atoms with E-state index in [1.165, 1.54) is 0 Å². The lowest BCUT2D eigenvalue weighted by atomic mass is 9.73. The Labute approximate surface area is 120 Å². The molecule has 0 aliphatic heterocycles. The molecule has 0 bridgehead atoms. The normalized spacial score (nSPS) is 12.9. The van der Waals surface area contributed by atoms with Crippen LogP contribution in [0, 0.1) is 6.92 Å². The maximum Gasteiger partial charge on any atom is 0.428 e. The van der Waals surface area contributed by atoms with Crippen LogP contribution < -0.4 is 5.59 Å². The van der Waals surface area contributed by atoms with Crippen LogP contribution in [0.3, 0.4) is 0 Å². The molecule has 0 spiro atoms. The van der Waals surface area contributed by atoms with Gasteiger partial charge in [0.2, 0.25) is 0 Å². The SMILES string of the molecule is Cc1nc([B-](OC(C)C)(OC(C)C)OC(C)C)cs1. The zero-order valence-corrected chi connectivity index (χ0v) is 13.8. The molecule has 4 nitrogen and oxygen atoms in total. The van der Waals surface area contributed by atoms with E-state index in [-0.39, 0.29) is 18.3 Å². The molecule has 0 radical (unpaired) electrons. The summed E-state index contributed by atoms with van der Waals surface area (Å²) in [6.45, 7) is 11.8. The average Bonchev–Trinajstić information content (AvgIpc) is 2.61. The summed E-state index contributed by atoms with van der Waals surface area (Å²) in [7, 11) is 0. The van der Waals surface area contributed by atoms with Crippen LogP contribution >= 0.6 is 11.3 Å². The standard InChI is InChI=1S/C13H25BNO3S/c1-9(2)16-14(17-10(3)4,18-11(5)6)13-8-19-12(7)15-13/h8-11H,1-7H3/q-1. The van der Waals surface area contributed by atoms with Crippen LogP contribution in [0.5, 0.6) is 0 Å². The van der Waals surface area contributed by atoms with Crippen molar-refractivity contribution in [3.8, 4) is 0 Å². The van der Waals surface area contributed by atoms with Gasteiger partial charge in [-0.15, -0.1) is 11.3 Å². The van der Waals surface area contributed by atoms with Crippen molar-refractivity contribution in [3.63, 3.8) is 0 Å². The highest BCUT2D eigenvalue weighted by atomic mass is 32.1. The van der Waals surface area contributed by atoms with Crippen LogP contribution in [0.25, 0.3) is 0 Å². The van der Waals surface area contributed by atoms with E-state index in [0.29, 0.717) is 0 Å². The van der Waals surface area contributed by atoms with Crippen LogP contribution in [0.2, 0.25) is 0 Å². The predicted octanol–water partition coefficient (Wildman–Crippen LogP) is 2.87. The van der Waals surface area contributed by atoms with Crippen molar-refractivity contribution in [2.45, 2.75) is 66.8 Å². The molecular formula is C13H25BNO3S-. The molecule has 0 N–H and O–H groups in total. The van der Waals surface area contributed by atoms with Crippen LogP contribution in [-0.2, 0) is 14.0 Å². The number of rotatable bonds is 7. The highest BCUT2D eigenvalue weighted by molar-refractivity contribution is 7.10. The number of thiazole rings is 1. The second-order valence-corrected chi connectivity index (χ2v) is 6.55. The molecule has 0 unspecified atom stereocenters. The Balaban J connectivity index is 3.16. The van der Waals surface area contributed by atoms with Crippen molar-refractivity contribution in [1.29, 1.82) is 0 Å². The topological polar surface area (TPSA) is 40.6 Å². The summed E-state index contributed by atoms with van der Waals surface area (Å²) in [6.07, 6.45) is -0.00137. The number of nitrogens with zero attached hydrogens (tertiary/aromatic N) is 1. The van der Waals surface area contributed by atoms with Crippen LogP contribution in [0.4, 0.5) is 0 Å². The lowest BCUT2D eigenvalue weighted by Gasteiger charge is -2.45. The first-order chi connectivity index (χ1) is 8.75. The van der Waals surface area contributed by atoms with E-state index >= 15 is 0 Å². The van der Waals surface area contributed by atoms with Crippen molar-refractivity contribution in [1.82, 2.24) is 4.98 Å². The highest BCUT2D eigenvalue weighted by Gasteiger charge is 2.37. The van der Waals surface area contributed by atoms with Crippen molar-refractivity contribution in [3.05, 3.63) is 10.4 Å². The van der Waals surface area contributed by atoms with Crippen LogP contribution in [0.15, 0.2) is 5.38 Å². The predicted molar refractivity (Wildman–Crippen MR) is 80.9 cm³/mol. The number of hydrogen-bond donors (Lipinski definition) is 0. The van der Waals surface area contributed by atoms with Crippen molar-refractivity contribution < 1.29 is 14.0 Å². The summed E-state index contributed by atoms with van der Waals surface area (Å²) in [4.78, 5) is 4.51. The minimum Gasteiger partial charge on any atom is -0.538 e. The smallest absolute Gasteiger partial charge is 0.428 e. The molecule has 0 saturated heterocycles.